The molecule has 0 spiro atoms. The van der Waals surface area contributed by atoms with Gasteiger partial charge in [0.25, 0.3) is 0 Å². The molecule has 0 bridgehead atoms. The Bertz CT molecular complexity index is 1010. The molecule has 1 aliphatic carbocycles. The van der Waals surface area contributed by atoms with Crippen LogP contribution < -0.4 is 10.6 Å². The van der Waals surface area contributed by atoms with E-state index in [1.807, 2.05) is 42.5 Å². The van der Waals surface area contributed by atoms with Crippen molar-refractivity contribution in [3.63, 3.8) is 0 Å². The summed E-state index contributed by atoms with van der Waals surface area (Å²) in [5.74, 6) is -0.163. The lowest BCUT2D eigenvalue weighted by Gasteiger charge is -2.12. The molecule has 3 amide bonds. The fourth-order valence-electron chi connectivity index (χ4n) is 3.85. The fourth-order valence-corrected chi connectivity index (χ4v) is 4.69. The molecule has 0 radical (unpaired) electrons. The highest BCUT2D eigenvalue weighted by atomic mass is 32.2. The second kappa shape index (κ2) is 9.80. The SMILES string of the molecule is O=C(CSc1nc2ccccc2n1CCc1ccccc1)NC(=O)NC1CCCC1. The molecule has 2 N–H and O–H groups in total. The van der Waals surface area contributed by atoms with Crippen LogP contribution in [0.4, 0.5) is 4.79 Å². The number of imide groups is 1. The number of imidazole rings is 1. The van der Waals surface area contributed by atoms with Gasteiger partial charge in [0.05, 0.1) is 16.8 Å². The maximum absolute atomic E-state index is 12.3. The number of hydrogen-bond acceptors (Lipinski definition) is 4. The van der Waals surface area contributed by atoms with E-state index in [2.05, 4.69) is 27.3 Å². The van der Waals surface area contributed by atoms with Crippen LogP contribution in [0.3, 0.4) is 0 Å². The number of aryl methyl sites for hydroxylation is 2. The average Bonchev–Trinajstić information content (AvgIpc) is 3.38. The minimum atomic E-state index is -0.398. The Morgan fingerprint density at radius 1 is 1.03 bits per heavy atom. The lowest BCUT2D eigenvalue weighted by Crippen LogP contribution is -2.44. The van der Waals surface area contributed by atoms with Crippen LogP contribution in [0.5, 0.6) is 0 Å². The first-order valence-electron chi connectivity index (χ1n) is 10.4. The van der Waals surface area contributed by atoms with Crippen LogP contribution in [0, 0.1) is 0 Å². The average molecular weight is 423 g/mol. The van der Waals surface area contributed by atoms with Crippen molar-refractivity contribution < 1.29 is 9.59 Å². The van der Waals surface area contributed by atoms with Gasteiger partial charge in [-0.15, -0.1) is 0 Å². The first kappa shape index (κ1) is 20.5. The van der Waals surface area contributed by atoms with E-state index in [1.165, 1.54) is 17.3 Å². The summed E-state index contributed by atoms with van der Waals surface area (Å²) in [7, 11) is 0. The molecular weight excluding hydrogens is 396 g/mol. The van der Waals surface area contributed by atoms with Crippen LogP contribution in [0.15, 0.2) is 59.8 Å². The summed E-state index contributed by atoms with van der Waals surface area (Å²) >= 11 is 1.36. The van der Waals surface area contributed by atoms with Gasteiger partial charge in [0.1, 0.15) is 0 Å². The predicted octanol–water partition coefficient (Wildman–Crippen LogP) is 4.14. The molecule has 4 rings (SSSR count). The largest absolute Gasteiger partial charge is 0.335 e. The third kappa shape index (κ3) is 5.21. The number of aromatic nitrogens is 2. The quantitative estimate of drug-likeness (QED) is 0.561. The number of fused-ring (bicyclic) bond motifs is 1. The second-order valence-corrected chi connectivity index (χ2v) is 8.50. The zero-order valence-electron chi connectivity index (χ0n) is 16.8. The van der Waals surface area contributed by atoms with E-state index in [-0.39, 0.29) is 17.7 Å². The molecule has 0 atom stereocenters. The van der Waals surface area contributed by atoms with Gasteiger partial charge < -0.3 is 9.88 Å². The summed E-state index contributed by atoms with van der Waals surface area (Å²) < 4.78 is 2.15. The van der Waals surface area contributed by atoms with Crippen LogP contribution in [0.2, 0.25) is 0 Å². The molecule has 1 heterocycles. The van der Waals surface area contributed by atoms with Gasteiger partial charge in [-0.2, -0.15) is 0 Å². The third-order valence-electron chi connectivity index (χ3n) is 5.36. The number of thioether (sulfide) groups is 1. The smallest absolute Gasteiger partial charge is 0.321 e. The lowest BCUT2D eigenvalue weighted by atomic mass is 10.1. The molecule has 0 saturated heterocycles. The number of rotatable bonds is 7. The lowest BCUT2D eigenvalue weighted by molar-refractivity contribution is -0.117. The van der Waals surface area contributed by atoms with E-state index in [9.17, 15) is 9.59 Å². The van der Waals surface area contributed by atoms with E-state index < -0.39 is 6.03 Å². The van der Waals surface area contributed by atoms with Crippen LogP contribution in [-0.2, 0) is 17.8 Å². The van der Waals surface area contributed by atoms with Crippen molar-refractivity contribution in [1.82, 2.24) is 20.2 Å². The van der Waals surface area contributed by atoms with Crippen molar-refractivity contribution in [2.45, 2.75) is 49.8 Å². The van der Waals surface area contributed by atoms with Crippen molar-refractivity contribution in [2.75, 3.05) is 5.75 Å². The van der Waals surface area contributed by atoms with E-state index in [0.717, 1.165) is 54.8 Å². The van der Waals surface area contributed by atoms with Gasteiger partial charge in [-0.1, -0.05) is 67.1 Å². The summed E-state index contributed by atoms with van der Waals surface area (Å²) in [6, 6.07) is 18.1. The summed E-state index contributed by atoms with van der Waals surface area (Å²) in [5.41, 5.74) is 3.22. The molecule has 156 valence electrons. The topological polar surface area (TPSA) is 76.0 Å². The van der Waals surface area contributed by atoms with Crippen molar-refractivity contribution in [3.8, 4) is 0 Å². The Morgan fingerprint density at radius 3 is 2.57 bits per heavy atom. The standard InChI is InChI=1S/C23H26N4O2S/c28-21(26-22(29)24-18-10-4-5-11-18)16-30-23-25-19-12-6-7-13-20(19)27(23)15-14-17-8-2-1-3-9-17/h1-3,6-9,12-13,18H,4-5,10-11,14-16H2,(H2,24,26,28,29). The van der Waals surface area contributed by atoms with Gasteiger partial charge in [-0.25, -0.2) is 9.78 Å². The minimum absolute atomic E-state index is 0.146. The molecule has 0 unspecified atom stereocenters. The number of hydrogen-bond donors (Lipinski definition) is 2. The van der Waals surface area contributed by atoms with E-state index in [1.54, 1.807) is 0 Å². The van der Waals surface area contributed by atoms with Crippen LogP contribution >= 0.6 is 11.8 Å². The maximum atomic E-state index is 12.3. The van der Waals surface area contributed by atoms with Crippen molar-refractivity contribution >= 4 is 34.7 Å². The molecule has 1 saturated carbocycles. The zero-order chi connectivity index (χ0) is 20.8. The number of benzene rings is 2. The first-order chi connectivity index (χ1) is 14.7. The Morgan fingerprint density at radius 2 is 1.77 bits per heavy atom. The molecule has 2 aromatic carbocycles. The molecule has 30 heavy (non-hydrogen) atoms. The summed E-state index contributed by atoms with van der Waals surface area (Å²) in [6.45, 7) is 0.774. The third-order valence-corrected chi connectivity index (χ3v) is 6.34. The van der Waals surface area contributed by atoms with Gasteiger partial charge in [0.2, 0.25) is 5.91 Å². The number of para-hydroxylation sites is 2. The van der Waals surface area contributed by atoms with Crippen molar-refractivity contribution in [2.24, 2.45) is 0 Å². The molecule has 1 aliphatic rings. The van der Waals surface area contributed by atoms with Gasteiger partial charge >= 0.3 is 6.03 Å². The van der Waals surface area contributed by atoms with Gasteiger partial charge in [-0.3, -0.25) is 10.1 Å². The molecule has 3 aromatic rings. The number of nitrogens with zero attached hydrogens (tertiary/aromatic N) is 2. The van der Waals surface area contributed by atoms with E-state index in [0.29, 0.717) is 0 Å². The zero-order valence-corrected chi connectivity index (χ0v) is 17.7. The molecule has 7 heteroatoms. The van der Waals surface area contributed by atoms with E-state index >= 15 is 0 Å². The molecule has 1 fully saturated rings. The minimum Gasteiger partial charge on any atom is -0.335 e. The fraction of sp³-hybridized carbons (Fsp3) is 0.348. The number of carbonyl (C=O) groups excluding carboxylic acids is 2. The highest BCUT2D eigenvalue weighted by Gasteiger charge is 2.19. The highest BCUT2D eigenvalue weighted by Crippen LogP contribution is 2.24. The summed E-state index contributed by atoms with van der Waals surface area (Å²) in [5, 5.41) is 6.11. The second-order valence-electron chi connectivity index (χ2n) is 7.56. The summed E-state index contributed by atoms with van der Waals surface area (Å²) in [4.78, 5) is 29.0. The van der Waals surface area contributed by atoms with Crippen molar-refractivity contribution in [1.29, 1.82) is 0 Å². The Hall–Kier alpha value is -2.80. The normalized spacial score (nSPS) is 14.1. The maximum Gasteiger partial charge on any atom is 0.321 e. The van der Waals surface area contributed by atoms with Crippen molar-refractivity contribution in [3.05, 3.63) is 60.2 Å². The number of urea groups is 1. The van der Waals surface area contributed by atoms with Crippen LogP contribution in [-0.4, -0.2) is 33.3 Å². The summed E-state index contributed by atoms with van der Waals surface area (Å²) in [6.07, 6.45) is 5.12. The predicted molar refractivity (Wildman–Crippen MR) is 120 cm³/mol. The molecular formula is C23H26N4O2S. The Balaban J connectivity index is 1.39. The monoisotopic (exact) mass is 422 g/mol. The Labute approximate surface area is 180 Å². The Kier molecular flexibility index (Phi) is 6.69. The number of nitrogens with one attached hydrogen (secondary N) is 2. The van der Waals surface area contributed by atoms with Gasteiger partial charge in [-0.05, 0) is 37.0 Å². The first-order valence-corrected chi connectivity index (χ1v) is 11.4. The molecule has 1 aromatic heterocycles. The number of amides is 3. The molecule has 0 aliphatic heterocycles. The van der Waals surface area contributed by atoms with Gasteiger partial charge in [0, 0.05) is 12.6 Å². The van der Waals surface area contributed by atoms with Crippen LogP contribution in [0.25, 0.3) is 11.0 Å². The van der Waals surface area contributed by atoms with Crippen LogP contribution in [0.1, 0.15) is 31.2 Å². The molecule has 6 nitrogen and oxygen atoms in total. The highest BCUT2D eigenvalue weighted by molar-refractivity contribution is 7.99. The van der Waals surface area contributed by atoms with Gasteiger partial charge in [0.15, 0.2) is 5.16 Å². The van der Waals surface area contributed by atoms with E-state index in [4.69, 9.17) is 4.98 Å². The number of carbonyl (C=O) groups is 2.